The minimum absolute atomic E-state index is 0. The molecule has 0 atom stereocenters. The molecule has 0 radical (unpaired) electrons. The Morgan fingerprint density at radius 1 is 0.737 bits per heavy atom. The summed E-state index contributed by atoms with van der Waals surface area (Å²) in [4.78, 5) is 34.5. The van der Waals surface area contributed by atoms with Gasteiger partial charge in [-0.05, 0) is 27.7 Å². The van der Waals surface area contributed by atoms with Crippen LogP contribution in [0.5, 0.6) is 0 Å². The molecule has 0 rings (SSSR count). The van der Waals surface area contributed by atoms with Crippen molar-refractivity contribution < 1.29 is 40.9 Å². The third kappa shape index (κ3) is 83.9. The smallest absolute Gasteiger partial charge is 0.577 e. The van der Waals surface area contributed by atoms with E-state index < -0.39 is 0 Å². The van der Waals surface area contributed by atoms with Crippen molar-refractivity contribution in [2.75, 3.05) is 0 Å². The Balaban J connectivity index is -0.0000000522. The zero-order valence-electron chi connectivity index (χ0n) is 11.0. The monoisotopic (exact) mass is 358 g/mol. The van der Waals surface area contributed by atoms with Gasteiger partial charge >= 0.3 is 21.1 Å². The molecule has 108 valence electrons. The van der Waals surface area contributed by atoms with Crippen LogP contribution in [0.3, 0.4) is 0 Å². The van der Waals surface area contributed by atoms with Gasteiger partial charge in [-0.1, -0.05) is 0 Å². The average molecular weight is 356 g/mol. The topological polar surface area (TPSA) is 153 Å². The van der Waals surface area contributed by atoms with Gasteiger partial charge in [-0.3, -0.25) is 9.59 Å². The summed E-state index contributed by atoms with van der Waals surface area (Å²) in [6.07, 6.45) is 2.33. The van der Waals surface area contributed by atoms with E-state index in [0.29, 0.717) is 0 Å². The maximum absolute atomic E-state index is 10.0. The van der Waals surface area contributed by atoms with E-state index in [9.17, 15) is 9.59 Å². The van der Waals surface area contributed by atoms with Gasteiger partial charge in [0.05, 0.1) is 11.5 Å². The molecule has 0 aliphatic heterocycles. The van der Waals surface area contributed by atoms with Crippen LogP contribution in [0.2, 0.25) is 0 Å². The molecule has 0 aromatic heterocycles. The SMILES string of the molecule is CC(=O)/C=C(/C)O.CC(=O)/C=C(/C)O.[Mo+2].[N-]=O.[N-]=O. The molecule has 19 heavy (non-hydrogen) atoms. The molecule has 0 heterocycles. The van der Waals surface area contributed by atoms with Gasteiger partial charge in [0.25, 0.3) is 0 Å². The second-order valence-electron chi connectivity index (χ2n) is 2.79. The van der Waals surface area contributed by atoms with Gasteiger partial charge in [0, 0.05) is 12.2 Å². The first kappa shape index (κ1) is 30.4. The molecule has 8 nitrogen and oxygen atoms in total. The van der Waals surface area contributed by atoms with Gasteiger partial charge in [0.15, 0.2) is 11.6 Å². The zero-order valence-corrected chi connectivity index (χ0v) is 13.0. The fourth-order valence-electron chi connectivity index (χ4n) is 0.588. The molecular weight excluding hydrogens is 340 g/mol. The van der Waals surface area contributed by atoms with Crippen molar-refractivity contribution in [2.24, 2.45) is 0 Å². The number of carbonyl (C=O) groups excluding carboxylic acids is 2. The summed E-state index contributed by atoms with van der Waals surface area (Å²) in [5.41, 5.74) is 11.5. The van der Waals surface area contributed by atoms with Crippen LogP contribution < -0.4 is 0 Å². The molecule has 0 aromatic rings. The molecule has 0 unspecified atom stereocenters. The normalized spacial score (nSPS) is 8.84. The van der Waals surface area contributed by atoms with Gasteiger partial charge in [-0.25, -0.2) is 0 Å². The van der Waals surface area contributed by atoms with E-state index >= 15 is 0 Å². The number of rotatable bonds is 2. The summed E-state index contributed by atoms with van der Waals surface area (Å²) in [7, 11) is 0. The molecule has 0 spiro atoms. The molecule has 0 amide bonds. The van der Waals surface area contributed by atoms with Gasteiger partial charge in [0.2, 0.25) is 0 Å². The number of nitroso groups, excluding NO2 is 2. The van der Waals surface area contributed by atoms with E-state index in [1.807, 2.05) is 0 Å². The predicted molar refractivity (Wildman–Crippen MR) is 67.6 cm³/mol. The van der Waals surface area contributed by atoms with Crippen molar-refractivity contribution in [3.05, 3.63) is 44.7 Å². The maximum atomic E-state index is 10.0. The standard InChI is InChI=1S/2C5H8O2.Mo.2NO/c2*1-4(6)3-5(2)7;;2*1-2/h2*3,6H,1-2H3;;;/q;;+2;2*-1/b2*4-3-;;;. The number of carbonyl (C=O) groups is 2. The van der Waals surface area contributed by atoms with Crippen molar-refractivity contribution in [1.82, 2.24) is 0 Å². The van der Waals surface area contributed by atoms with Gasteiger partial charge in [-0.15, -0.1) is 0 Å². The first-order chi connectivity index (χ1) is 8.25. The Hall–Kier alpha value is -1.69. The Bertz CT molecular complexity index is 266. The maximum Gasteiger partial charge on any atom is 2.00 e. The van der Waals surface area contributed by atoms with Crippen LogP contribution in [-0.2, 0) is 30.7 Å². The molecule has 2 N–H and O–H groups in total. The second-order valence-corrected chi connectivity index (χ2v) is 2.79. The van der Waals surface area contributed by atoms with Crippen LogP contribution >= 0.6 is 0 Å². The first-order valence-corrected chi connectivity index (χ1v) is 4.38. The van der Waals surface area contributed by atoms with Crippen molar-refractivity contribution in [3.8, 4) is 0 Å². The average Bonchev–Trinajstić information content (AvgIpc) is 2.20. The number of hydrogen-bond donors (Lipinski definition) is 2. The van der Waals surface area contributed by atoms with E-state index in [1.165, 1.54) is 39.8 Å². The van der Waals surface area contributed by atoms with Crippen LogP contribution in [-0.4, -0.2) is 21.8 Å². The molecular formula is C10H16MoN2O6. The fraction of sp³-hybridized carbons (Fsp3) is 0.400. The molecule has 0 saturated heterocycles. The summed E-state index contributed by atoms with van der Waals surface area (Å²) < 4.78 is 0. The Morgan fingerprint density at radius 2 is 0.895 bits per heavy atom. The largest absolute Gasteiger partial charge is 2.00 e. The Kier molecular flexibility index (Phi) is 40.3. The molecule has 0 fully saturated rings. The molecule has 9 heteroatoms. The number of allylic oxidation sites excluding steroid dienone is 4. The molecule has 0 bridgehead atoms. The number of aliphatic hydroxyl groups excluding tert-OH is 2. The van der Waals surface area contributed by atoms with Gasteiger partial charge in [0.1, 0.15) is 0 Å². The third-order valence-electron chi connectivity index (χ3n) is 0.824. The molecule has 0 aromatic carbocycles. The minimum Gasteiger partial charge on any atom is -0.577 e. The van der Waals surface area contributed by atoms with Crippen molar-refractivity contribution >= 4 is 11.6 Å². The van der Waals surface area contributed by atoms with E-state index in [-0.39, 0.29) is 44.2 Å². The Morgan fingerprint density at radius 3 is 0.895 bits per heavy atom. The van der Waals surface area contributed by atoms with Gasteiger partial charge in [-0.2, -0.15) is 0 Å². The van der Waals surface area contributed by atoms with Crippen molar-refractivity contribution in [3.63, 3.8) is 0 Å². The van der Waals surface area contributed by atoms with Crippen LogP contribution in [0, 0.1) is 9.81 Å². The van der Waals surface area contributed by atoms with Crippen LogP contribution in [0.1, 0.15) is 27.7 Å². The molecule has 0 saturated carbocycles. The fourth-order valence-corrected chi connectivity index (χ4v) is 0.588. The molecule has 0 aliphatic carbocycles. The van der Waals surface area contributed by atoms with Crippen LogP contribution in [0.4, 0.5) is 0 Å². The number of aliphatic hydroxyl groups is 2. The summed E-state index contributed by atoms with van der Waals surface area (Å²) in [5, 5.41) is 16.7. The number of hydrogen-bond acceptors (Lipinski definition) is 6. The van der Waals surface area contributed by atoms with Crippen molar-refractivity contribution in [1.29, 1.82) is 0 Å². The summed E-state index contributed by atoms with van der Waals surface area (Å²) in [5.74, 6) is -0.125. The predicted octanol–water partition coefficient (Wildman–Crippen LogP) is 2.72. The Labute approximate surface area is 125 Å². The summed E-state index contributed by atoms with van der Waals surface area (Å²) in [6, 6.07) is 0. The minimum atomic E-state index is -0.125. The van der Waals surface area contributed by atoms with Crippen molar-refractivity contribution in [2.45, 2.75) is 27.7 Å². The van der Waals surface area contributed by atoms with Gasteiger partial charge < -0.3 is 31.2 Å². The third-order valence-corrected chi connectivity index (χ3v) is 0.824. The number of ketones is 2. The quantitative estimate of drug-likeness (QED) is 0.440. The number of nitrogens with zero attached hydrogens (tertiary/aromatic N) is 2. The summed E-state index contributed by atoms with van der Waals surface area (Å²) in [6.45, 7) is 5.70. The van der Waals surface area contributed by atoms with Crippen LogP contribution in [0.15, 0.2) is 23.7 Å². The van der Waals surface area contributed by atoms with E-state index in [4.69, 9.17) is 31.2 Å². The van der Waals surface area contributed by atoms with Crippen LogP contribution in [0.25, 0.3) is 11.2 Å². The van der Waals surface area contributed by atoms with E-state index in [2.05, 4.69) is 0 Å². The van der Waals surface area contributed by atoms with E-state index in [1.54, 1.807) is 0 Å². The summed E-state index contributed by atoms with van der Waals surface area (Å²) >= 11 is 0. The second kappa shape index (κ2) is 25.2. The first-order valence-electron chi connectivity index (χ1n) is 4.38. The zero-order chi connectivity index (χ0) is 15.7. The van der Waals surface area contributed by atoms with E-state index in [0.717, 1.165) is 0 Å². The molecule has 0 aliphatic rings.